The van der Waals surface area contributed by atoms with Gasteiger partial charge in [-0.1, -0.05) is 11.6 Å². The van der Waals surface area contributed by atoms with E-state index in [2.05, 4.69) is 20.1 Å². The Morgan fingerprint density at radius 2 is 1.94 bits per heavy atom. The van der Waals surface area contributed by atoms with Crippen LogP contribution in [0.3, 0.4) is 0 Å². The predicted molar refractivity (Wildman–Crippen MR) is 125 cm³/mol. The Morgan fingerprint density at radius 3 is 2.56 bits per heavy atom. The van der Waals surface area contributed by atoms with Crippen LogP contribution in [-0.2, 0) is 15.5 Å². The molecule has 0 spiro atoms. The smallest absolute Gasteiger partial charge is 0.410 e. The summed E-state index contributed by atoms with van der Waals surface area (Å²) >= 11 is 7.68. The van der Waals surface area contributed by atoms with Crippen LogP contribution in [0.2, 0.25) is 5.15 Å². The number of amides is 1. The van der Waals surface area contributed by atoms with Gasteiger partial charge < -0.3 is 9.64 Å². The molecule has 0 N–H and O–H groups in total. The van der Waals surface area contributed by atoms with E-state index in [1.165, 1.54) is 11.3 Å². The van der Waals surface area contributed by atoms with Gasteiger partial charge in [-0.15, -0.1) is 16.4 Å². The summed E-state index contributed by atoms with van der Waals surface area (Å²) in [6.45, 7) is 6.86. The van der Waals surface area contributed by atoms with Crippen molar-refractivity contribution in [3.63, 3.8) is 0 Å². The maximum Gasteiger partial charge on any atom is 0.410 e. The highest BCUT2D eigenvalue weighted by atomic mass is 35.5. The van der Waals surface area contributed by atoms with Crippen molar-refractivity contribution >= 4 is 66.0 Å². The van der Waals surface area contributed by atoms with Gasteiger partial charge in [-0.2, -0.15) is 5.10 Å². The average Bonchev–Trinajstić information content (AvgIpc) is 3.21. The van der Waals surface area contributed by atoms with E-state index < -0.39 is 16.4 Å². The fourth-order valence-electron chi connectivity index (χ4n) is 4.49. The largest absolute Gasteiger partial charge is 0.444 e. The Kier molecular flexibility index (Phi) is 5.25. The summed E-state index contributed by atoms with van der Waals surface area (Å²) in [5.41, 5.74) is -0.539. The van der Waals surface area contributed by atoms with E-state index in [9.17, 15) is 9.00 Å². The van der Waals surface area contributed by atoms with Crippen LogP contribution in [0, 0.1) is 0 Å². The number of anilines is 1. The number of fused-ring (bicyclic) bond motifs is 5. The highest BCUT2D eigenvalue weighted by Crippen LogP contribution is 2.42. The van der Waals surface area contributed by atoms with Crippen molar-refractivity contribution in [1.82, 2.24) is 25.1 Å². The summed E-state index contributed by atoms with van der Waals surface area (Å²) in [5.74, 6) is 0.705. The number of ether oxygens (including phenoxy) is 1. The van der Waals surface area contributed by atoms with E-state index in [1.54, 1.807) is 12.5 Å². The average molecular weight is 495 g/mol. The highest BCUT2D eigenvalue weighted by Gasteiger charge is 2.45. The van der Waals surface area contributed by atoms with Crippen LogP contribution < -0.4 is 4.90 Å². The molecule has 3 aromatic heterocycles. The van der Waals surface area contributed by atoms with Gasteiger partial charge in [-0.05, 0) is 33.6 Å². The van der Waals surface area contributed by atoms with Gasteiger partial charge in [0.1, 0.15) is 16.2 Å². The Labute approximate surface area is 196 Å². The first-order valence-corrected chi connectivity index (χ1v) is 13.1. The van der Waals surface area contributed by atoms with E-state index in [-0.39, 0.29) is 23.3 Å². The number of nitrogens with zero attached hydrogens (tertiary/aromatic N) is 6. The topological polar surface area (TPSA) is 101 Å². The number of carbonyl (C=O) groups is 1. The first-order valence-electron chi connectivity index (χ1n) is 10.3. The van der Waals surface area contributed by atoms with Crippen LogP contribution in [0.25, 0.3) is 20.3 Å². The minimum atomic E-state index is -1.35. The zero-order valence-corrected chi connectivity index (χ0v) is 20.6. The molecule has 1 amide bonds. The third kappa shape index (κ3) is 3.69. The third-order valence-electron chi connectivity index (χ3n) is 5.71. The second-order valence-electron chi connectivity index (χ2n) is 9.12. The second kappa shape index (κ2) is 7.74. The molecule has 5 rings (SSSR count). The Balaban J connectivity index is 1.57. The SMILES string of the molecule is CS(=O)c1nc(N2C[C@H]3CC[C@@H](C2)N3C(=O)OC(C)(C)C)c2c(n1)sc1c(Cl)nncc12. The maximum atomic E-state index is 12.8. The Morgan fingerprint density at radius 1 is 1.25 bits per heavy atom. The van der Waals surface area contributed by atoms with Crippen LogP contribution >= 0.6 is 22.9 Å². The molecule has 32 heavy (non-hydrogen) atoms. The van der Waals surface area contributed by atoms with E-state index >= 15 is 0 Å². The number of hydrogen-bond donors (Lipinski definition) is 0. The van der Waals surface area contributed by atoms with Gasteiger partial charge in [0.2, 0.25) is 5.16 Å². The van der Waals surface area contributed by atoms with Crippen molar-refractivity contribution in [2.45, 2.75) is 56.5 Å². The lowest BCUT2D eigenvalue weighted by molar-refractivity contribution is 0.0123. The highest BCUT2D eigenvalue weighted by molar-refractivity contribution is 7.84. The second-order valence-corrected chi connectivity index (χ2v) is 11.8. The van der Waals surface area contributed by atoms with Gasteiger partial charge in [-0.3, -0.25) is 9.11 Å². The summed E-state index contributed by atoms with van der Waals surface area (Å²) in [5, 5.41) is 10.2. The minimum Gasteiger partial charge on any atom is -0.444 e. The van der Waals surface area contributed by atoms with Crippen LogP contribution in [0.15, 0.2) is 11.4 Å². The van der Waals surface area contributed by atoms with Crippen molar-refractivity contribution in [1.29, 1.82) is 0 Å². The molecule has 5 heterocycles. The van der Waals surface area contributed by atoms with Crippen molar-refractivity contribution in [2.24, 2.45) is 0 Å². The zero-order valence-electron chi connectivity index (χ0n) is 18.2. The molecule has 9 nitrogen and oxygen atoms in total. The van der Waals surface area contributed by atoms with Gasteiger partial charge in [0.25, 0.3) is 0 Å². The number of rotatable bonds is 2. The van der Waals surface area contributed by atoms with E-state index in [0.717, 1.165) is 28.3 Å². The molecule has 170 valence electrons. The molecule has 0 aliphatic carbocycles. The van der Waals surface area contributed by atoms with E-state index in [1.807, 2.05) is 25.7 Å². The van der Waals surface area contributed by atoms with Crippen molar-refractivity contribution < 1.29 is 13.7 Å². The molecular weight excluding hydrogens is 472 g/mol. The number of thiophene rings is 1. The summed E-state index contributed by atoms with van der Waals surface area (Å²) < 4.78 is 18.7. The van der Waals surface area contributed by atoms with Gasteiger partial charge in [-0.25, -0.2) is 14.8 Å². The Hall–Kier alpha value is -2.11. The molecular formula is C20H23ClN6O3S2. The first-order chi connectivity index (χ1) is 15.1. The first kappa shape index (κ1) is 21.7. The van der Waals surface area contributed by atoms with E-state index in [0.29, 0.717) is 28.9 Å². The van der Waals surface area contributed by atoms with E-state index in [4.69, 9.17) is 21.3 Å². The van der Waals surface area contributed by atoms with Gasteiger partial charge in [0.15, 0.2) is 5.15 Å². The lowest BCUT2D eigenvalue weighted by atomic mass is 10.1. The van der Waals surface area contributed by atoms with Gasteiger partial charge >= 0.3 is 6.09 Å². The number of halogens is 1. The number of aromatic nitrogens is 4. The standard InChI is InChI=1S/C20H23ClN6O3S2/c1-20(2,3)30-19(28)27-10-5-6-11(27)9-26(8-10)16-13-12-7-22-25-15(21)14(12)31-17(13)24-18(23-16)32(4)29/h7,10-11H,5-6,8-9H2,1-4H3/t10-,11+,32?. The molecule has 2 saturated heterocycles. The Bertz CT molecular complexity index is 1250. The van der Waals surface area contributed by atoms with Crippen molar-refractivity contribution in [2.75, 3.05) is 24.2 Å². The fourth-order valence-corrected chi connectivity index (χ4v) is 6.26. The normalized spacial score (nSPS) is 22.0. The van der Waals surface area contributed by atoms with Crippen LogP contribution in [-0.4, -0.2) is 72.4 Å². The molecule has 3 aromatic rings. The predicted octanol–water partition coefficient (Wildman–Crippen LogP) is 3.61. The summed E-state index contributed by atoms with van der Waals surface area (Å²) in [6, 6.07) is 0.0509. The number of carbonyl (C=O) groups excluding carboxylic acids is 1. The van der Waals surface area contributed by atoms with Crippen molar-refractivity contribution in [3.05, 3.63) is 11.3 Å². The fraction of sp³-hybridized carbons (Fsp3) is 0.550. The van der Waals surface area contributed by atoms with Gasteiger partial charge in [0.05, 0.1) is 39.2 Å². The monoisotopic (exact) mass is 494 g/mol. The maximum absolute atomic E-state index is 12.8. The molecule has 0 saturated carbocycles. The van der Waals surface area contributed by atoms with Gasteiger partial charge in [0, 0.05) is 24.7 Å². The lowest BCUT2D eigenvalue weighted by Gasteiger charge is -2.42. The van der Waals surface area contributed by atoms with Crippen LogP contribution in [0.4, 0.5) is 10.6 Å². The summed E-state index contributed by atoms with van der Waals surface area (Å²) in [7, 11) is -1.35. The molecule has 0 aromatic carbocycles. The zero-order chi connectivity index (χ0) is 22.8. The molecule has 0 radical (unpaired) electrons. The third-order valence-corrected chi connectivity index (χ3v) is 7.89. The molecule has 1 unspecified atom stereocenters. The number of hydrogen-bond acceptors (Lipinski definition) is 9. The lowest BCUT2D eigenvalue weighted by Crippen LogP contribution is -2.57. The molecule has 2 aliphatic rings. The molecule has 2 fully saturated rings. The number of piperazine rings is 1. The van der Waals surface area contributed by atoms with Crippen LogP contribution in [0.1, 0.15) is 33.6 Å². The van der Waals surface area contributed by atoms with Crippen molar-refractivity contribution in [3.8, 4) is 0 Å². The summed E-state index contributed by atoms with van der Waals surface area (Å²) in [6.07, 6.45) is 4.78. The van der Waals surface area contributed by atoms with Crippen LogP contribution in [0.5, 0.6) is 0 Å². The quantitative estimate of drug-likeness (QED) is 0.498. The molecule has 12 heteroatoms. The molecule has 3 atom stereocenters. The minimum absolute atomic E-state index is 0.0254. The summed E-state index contributed by atoms with van der Waals surface area (Å²) in [4.78, 5) is 26.8. The molecule has 2 bridgehead atoms. The molecule has 2 aliphatic heterocycles.